The molecule has 0 rings (SSSR count). The summed E-state index contributed by atoms with van der Waals surface area (Å²) in [5.41, 5.74) is 0. The molecule has 0 saturated carbocycles. The van der Waals surface area contributed by atoms with E-state index in [4.69, 9.17) is 10.00 Å². The van der Waals surface area contributed by atoms with Gasteiger partial charge in [-0.05, 0) is 0 Å². The average Bonchev–Trinajstić information content (AvgIpc) is 1.65. The van der Waals surface area contributed by atoms with Gasteiger partial charge >= 0.3 is 0 Å². The minimum atomic E-state index is -1.16. The molecule has 0 aliphatic rings. The summed E-state index contributed by atoms with van der Waals surface area (Å²) < 4.78 is 0. The highest BCUT2D eigenvalue weighted by Gasteiger charge is 1.93. The van der Waals surface area contributed by atoms with Crippen LogP contribution in [-0.4, -0.2) is 22.1 Å². The van der Waals surface area contributed by atoms with Crippen molar-refractivity contribution in [2.24, 2.45) is 0 Å². The molecule has 6 heavy (non-hydrogen) atoms. The Morgan fingerprint density at radius 1 is 1.83 bits per heavy atom. The lowest BCUT2D eigenvalue weighted by molar-refractivity contribution is -0.111. The maximum Gasteiger partial charge on any atom is 0.154 e. The molecule has 2 N–H and O–H groups in total. The zero-order valence-corrected chi connectivity index (χ0v) is 3.96. The van der Waals surface area contributed by atoms with Crippen LogP contribution in [0.25, 0.3) is 0 Å². The fourth-order valence-electron chi connectivity index (χ4n) is 0.0304. The largest absolute Gasteiger partial charge is 0.379 e. The quantitative estimate of drug-likeness (QED) is 0.355. The number of aldehydes is 1. The van der Waals surface area contributed by atoms with E-state index in [-0.39, 0.29) is 0 Å². The lowest BCUT2D eigenvalue weighted by Gasteiger charge is -1.88. The normalized spacial score (nSPS) is 15.7. The maximum atomic E-state index is 9.33. The molecule has 4 heteroatoms. The van der Waals surface area contributed by atoms with Crippen LogP contribution in [0.1, 0.15) is 0 Å². The Labute approximate surface area is 36.9 Å². The monoisotopic (exact) mass is 108 g/mol. The fourth-order valence-corrected chi connectivity index (χ4v) is 0.0913. The van der Waals surface area contributed by atoms with Gasteiger partial charge in [0.1, 0.15) is 5.85 Å². The van der Waals surface area contributed by atoms with E-state index in [1.807, 2.05) is 0 Å². The molecule has 2 atom stereocenters. The molecule has 0 aromatic carbocycles. The van der Waals surface area contributed by atoms with Crippen molar-refractivity contribution in [1.82, 2.24) is 0 Å². The number of hydrogen-bond donors (Lipinski definition) is 2. The molecular formula is C2H5O3P. The number of carbonyl (C=O) groups is 1. The topological polar surface area (TPSA) is 57.5 Å². The predicted octanol–water partition coefficient (Wildman–Crippen LogP) is -0.911. The lowest BCUT2D eigenvalue weighted by Crippen LogP contribution is -1.96. The smallest absolute Gasteiger partial charge is 0.154 e. The minimum absolute atomic E-state index is 0.290. The van der Waals surface area contributed by atoms with Gasteiger partial charge in [0, 0.05) is 8.81 Å². The molecule has 0 radical (unpaired) electrons. The van der Waals surface area contributed by atoms with E-state index in [0.29, 0.717) is 6.29 Å². The number of hydrogen-bond acceptors (Lipinski definition) is 3. The van der Waals surface area contributed by atoms with E-state index in [2.05, 4.69) is 0 Å². The maximum absolute atomic E-state index is 9.33. The van der Waals surface area contributed by atoms with Crippen molar-refractivity contribution in [2.45, 2.75) is 5.85 Å². The first kappa shape index (κ1) is 6.02. The summed E-state index contributed by atoms with van der Waals surface area (Å²) in [4.78, 5) is 17.2. The lowest BCUT2D eigenvalue weighted by atomic mass is 10.8. The Kier molecular flexibility index (Phi) is 3.23. The molecule has 0 aliphatic carbocycles. The van der Waals surface area contributed by atoms with Gasteiger partial charge in [-0.15, -0.1) is 0 Å². The summed E-state index contributed by atoms with van der Waals surface area (Å²) in [6.07, 6.45) is 0.290. The van der Waals surface area contributed by atoms with Crippen LogP contribution in [-0.2, 0) is 4.79 Å². The molecule has 0 spiro atoms. The first-order valence-corrected chi connectivity index (χ1v) is 2.36. The van der Waals surface area contributed by atoms with Crippen LogP contribution >= 0.6 is 8.81 Å². The van der Waals surface area contributed by atoms with Gasteiger partial charge in [-0.3, -0.25) is 4.79 Å². The zero-order chi connectivity index (χ0) is 4.99. The Balaban J connectivity index is 2.96. The van der Waals surface area contributed by atoms with Crippen molar-refractivity contribution in [3.05, 3.63) is 0 Å². The van der Waals surface area contributed by atoms with E-state index in [9.17, 15) is 4.79 Å². The Morgan fingerprint density at radius 3 is 2.33 bits per heavy atom. The molecule has 0 aliphatic heterocycles. The molecule has 0 fully saturated rings. The van der Waals surface area contributed by atoms with Crippen molar-refractivity contribution in [3.63, 3.8) is 0 Å². The molecule has 0 aromatic heterocycles. The molecule has 2 unspecified atom stereocenters. The molecule has 36 valence electrons. The van der Waals surface area contributed by atoms with Gasteiger partial charge in [-0.2, -0.15) is 0 Å². The second-order valence-electron chi connectivity index (χ2n) is 0.710. The number of rotatable bonds is 2. The highest BCUT2D eigenvalue weighted by molar-refractivity contribution is 7.32. The summed E-state index contributed by atoms with van der Waals surface area (Å²) >= 11 is 0. The van der Waals surface area contributed by atoms with Gasteiger partial charge in [0.15, 0.2) is 6.29 Å². The molecular weight excluding hydrogens is 103 g/mol. The summed E-state index contributed by atoms with van der Waals surface area (Å²) in [6, 6.07) is 0. The molecule has 0 bridgehead atoms. The standard InChI is InChI=1S/C2H5O3P/c3-1-2(4)6-5/h1-2,4-6H. The Morgan fingerprint density at radius 2 is 2.33 bits per heavy atom. The third kappa shape index (κ3) is 2.27. The second-order valence-corrected chi connectivity index (χ2v) is 1.56. The highest BCUT2D eigenvalue weighted by atomic mass is 31.1. The fraction of sp³-hybridized carbons (Fsp3) is 0.500. The van der Waals surface area contributed by atoms with Crippen molar-refractivity contribution >= 4 is 15.1 Å². The first-order chi connectivity index (χ1) is 2.81. The number of aliphatic hydroxyl groups excluding tert-OH is 1. The van der Waals surface area contributed by atoms with Gasteiger partial charge in [0.2, 0.25) is 0 Å². The van der Waals surface area contributed by atoms with Crippen LogP contribution in [0, 0.1) is 0 Å². The van der Waals surface area contributed by atoms with Crippen molar-refractivity contribution in [2.75, 3.05) is 0 Å². The molecule has 0 heterocycles. The van der Waals surface area contributed by atoms with Gasteiger partial charge < -0.3 is 10.00 Å². The zero-order valence-electron chi connectivity index (χ0n) is 2.96. The van der Waals surface area contributed by atoms with Crippen LogP contribution in [0.5, 0.6) is 0 Å². The van der Waals surface area contributed by atoms with Crippen LogP contribution in [0.2, 0.25) is 0 Å². The third-order valence-corrected chi connectivity index (χ3v) is 0.662. The van der Waals surface area contributed by atoms with Gasteiger partial charge in [0.05, 0.1) is 0 Å². The molecule has 3 nitrogen and oxygen atoms in total. The average molecular weight is 108 g/mol. The first-order valence-electron chi connectivity index (χ1n) is 1.34. The van der Waals surface area contributed by atoms with E-state index < -0.39 is 14.7 Å². The summed E-state index contributed by atoms with van der Waals surface area (Å²) in [5, 5.41) is 8.06. The van der Waals surface area contributed by atoms with Crippen molar-refractivity contribution < 1.29 is 14.8 Å². The number of carbonyl (C=O) groups excluding carboxylic acids is 1. The Bertz CT molecular complexity index is 46.1. The van der Waals surface area contributed by atoms with E-state index >= 15 is 0 Å². The Hall–Kier alpha value is 0.0200. The molecule has 0 saturated heterocycles. The number of aliphatic hydroxyl groups is 1. The third-order valence-electron chi connectivity index (χ3n) is 0.261. The van der Waals surface area contributed by atoms with Crippen LogP contribution in [0.15, 0.2) is 0 Å². The van der Waals surface area contributed by atoms with E-state index in [0.717, 1.165) is 0 Å². The van der Waals surface area contributed by atoms with Crippen LogP contribution in [0.3, 0.4) is 0 Å². The van der Waals surface area contributed by atoms with Crippen LogP contribution < -0.4 is 0 Å². The molecule has 0 aromatic rings. The van der Waals surface area contributed by atoms with E-state index in [1.54, 1.807) is 0 Å². The van der Waals surface area contributed by atoms with Gasteiger partial charge in [-0.25, -0.2) is 0 Å². The SMILES string of the molecule is O=CC(O)PO. The summed E-state index contributed by atoms with van der Waals surface area (Å²) in [5.74, 6) is -1.16. The van der Waals surface area contributed by atoms with E-state index in [1.165, 1.54) is 0 Å². The predicted molar refractivity (Wildman–Crippen MR) is 22.6 cm³/mol. The van der Waals surface area contributed by atoms with Gasteiger partial charge in [-0.1, -0.05) is 0 Å². The minimum Gasteiger partial charge on any atom is -0.379 e. The van der Waals surface area contributed by atoms with Crippen molar-refractivity contribution in [1.29, 1.82) is 0 Å². The molecule has 0 amide bonds. The summed E-state index contributed by atoms with van der Waals surface area (Å²) in [7, 11) is -0.681. The van der Waals surface area contributed by atoms with Crippen LogP contribution in [0.4, 0.5) is 0 Å². The summed E-state index contributed by atoms with van der Waals surface area (Å²) in [6.45, 7) is 0. The van der Waals surface area contributed by atoms with Crippen molar-refractivity contribution in [3.8, 4) is 0 Å². The highest BCUT2D eigenvalue weighted by Crippen LogP contribution is 2.04. The second kappa shape index (κ2) is 3.22. The van der Waals surface area contributed by atoms with Gasteiger partial charge in [0.25, 0.3) is 0 Å².